The van der Waals surface area contributed by atoms with Crippen molar-refractivity contribution in [3.8, 4) is 11.5 Å². The van der Waals surface area contributed by atoms with Crippen LogP contribution in [-0.2, 0) is 0 Å². The lowest BCUT2D eigenvalue weighted by atomic mass is 10.0. The molecule has 1 aromatic rings. The molecule has 132 valence electrons. The molecule has 1 unspecified atom stereocenters. The smallest absolute Gasteiger partial charge is 0.161 e. The minimum Gasteiger partial charge on any atom is -0.490 e. The van der Waals surface area contributed by atoms with Crippen molar-refractivity contribution < 1.29 is 9.47 Å². The van der Waals surface area contributed by atoms with Gasteiger partial charge in [0, 0.05) is 12.6 Å². The van der Waals surface area contributed by atoms with Gasteiger partial charge in [-0.15, -0.1) is 0 Å². The molecule has 0 spiro atoms. The molecular formula is C19H34N2O2. The number of unbranched alkanes of at least 4 members (excludes halogenated alkanes) is 2. The lowest BCUT2D eigenvalue weighted by molar-refractivity contribution is 0.222. The molecule has 0 heterocycles. The Balaban J connectivity index is 2.91. The predicted molar refractivity (Wildman–Crippen MR) is 97.3 cm³/mol. The Labute approximate surface area is 142 Å². The number of ether oxygens (including phenoxy) is 2. The van der Waals surface area contributed by atoms with Gasteiger partial charge >= 0.3 is 0 Å². The third-order valence-corrected chi connectivity index (χ3v) is 4.13. The minimum atomic E-state index is 0.221. The van der Waals surface area contributed by atoms with Crippen molar-refractivity contribution in [3.63, 3.8) is 0 Å². The monoisotopic (exact) mass is 322 g/mol. The van der Waals surface area contributed by atoms with Crippen LogP contribution in [-0.4, -0.2) is 37.7 Å². The van der Waals surface area contributed by atoms with E-state index in [9.17, 15) is 0 Å². The number of likely N-dealkylation sites (N-methyl/N-ethyl adjacent to an activating group) is 1. The van der Waals surface area contributed by atoms with Gasteiger partial charge in [-0.2, -0.15) is 0 Å². The molecule has 4 heteroatoms. The molecule has 0 aliphatic rings. The predicted octanol–water partition coefficient (Wildman–Crippen LogP) is 4.00. The second kappa shape index (κ2) is 11.3. The van der Waals surface area contributed by atoms with E-state index in [0.29, 0.717) is 13.2 Å². The van der Waals surface area contributed by atoms with Crippen LogP contribution in [0.15, 0.2) is 18.2 Å². The van der Waals surface area contributed by atoms with Gasteiger partial charge in [-0.05, 0) is 44.1 Å². The third kappa shape index (κ3) is 6.04. The van der Waals surface area contributed by atoms with Crippen molar-refractivity contribution in [1.82, 2.24) is 4.90 Å². The molecular weight excluding hydrogens is 288 g/mol. The summed E-state index contributed by atoms with van der Waals surface area (Å²) in [4.78, 5) is 2.37. The summed E-state index contributed by atoms with van der Waals surface area (Å²) in [6.45, 7) is 12.5. The van der Waals surface area contributed by atoms with Gasteiger partial charge in [0.05, 0.1) is 13.2 Å². The van der Waals surface area contributed by atoms with E-state index < -0.39 is 0 Å². The largest absolute Gasteiger partial charge is 0.490 e. The SMILES string of the molecule is CCCCCOc1ccc(C(CN)N(CC)CC)cc1OCC. The number of benzene rings is 1. The Morgan fingerprint density at radius 2 is 1.74 bits per heavy atom. The second-order valence-corrected chi connectivity index (χ2v) is 5.67. The fourth-order valence-corrected chi connectivity index (χ4v) is 2.81. The number of nitrogens with two attached hydrogens (primary N) is 1. The molecule has 0 fully saturated rings. The van der Waals surface area contributed by atoms with Crippen LogP contribution in [0.5, 0.6) is 11.5 Å². The lowest BCUT2D eigenvalue weighted by Gasteiger charge is -2.29. The van der Waals surface area contributed by atoms with Crippen LogP contribution < -0.4 is 15.2 Å². The summed E-state index contributed by atoms with van der Waals surface area (Å²) in [7, 11) is 0. The highest BCUT2D eigenvalue weighted by Gasteiger charge is 2.18. The summed E-state index contributed by atoms with van der Waals surface area (Å²) in [5.41, 5.74) is 7.21. The van der Waals surface area contributed by atoms with E-state index in [2.05, 4.69) is 37.8 Å². The Morgan fingerprint density at radius 1 is 1.00 bits per heavy atom. The normalized spacial score (nSPS) is 12.4. The summed E-state index contributed by atoms with van der Waals surface area (Å²) >= 11 is 0. The molecule has 0 saturated carbocycles. The number of hydrogen-bond acceptors (Lipinski definition) is 4. The molecule has 1 rings (SSSR count). The van der Waals surface area contributed by atoms with Crippen LogP contribution in [0.25, 0.3) is 0 Å². The molecule has 0 aliphatic carbocycles. The van der Waals surface area contributed by atoms with Crippen molar-refractivity contribution in [3.05, 3.63) is 23.8 Å². The zero-order valence-electron chi connectivity index (χ0n) is 15.3. The van der Waals surface area contributed by atoms with Crippen molar-refractivity contribution in [2.45, 2.75) is 53.0 Å². The maximum absolute atomic E-state index is 6.02. The highest BCUT2D eigenvalue weighted by Crippen LogP contribution is 2.32. The molecule has 4 nitrogen and oxygen atoms in total. The molecule has 1 aromatic carbocycles. The Bertz CT molecular complexity index is 433. The molecule has 23 heavy (non-hydrogen) atoms. The quantitative estimate of drug-likeness (QED) is 0.591. The number of nitrogens with zero attached hydrogens (tertiary/aromatic N) is 1. The van der Waals surface area contributed by atoms with Crippen molar-refractivity contribution in [2.24, 2.45) is 5.73 Å². The molecule has 0 aliphatic heterocycles. The highest BCUT2D eigenvalue weighted by atomic mass is 16.5. The molecule has 0 amide bonds. The van der Waals surface area contributed by atoms with Crippen LogP contribution in [0, 0.1) is 0 Å². The van der Waals surface area contributed by atoms with E-state index in [1.807, 2.05) is 13.0 Å². The van der Waals surface area contributed by atoms with Crippen molar-refractivity contribution in [1.29, 1.82) is 0 Å². The van der Waals surface area contributed by atoms with Crippen LogP contribution in [0.4, 0.5) is 0 Å². The maximum Gasteiger partial charge on any atom is 0.161 e. The topological polar surface area (TPSA) is 47.7 Å². The van der Waals surface area contributed by atoms with Crippen LogP contribution in [0.3, 0.4) is 0 Å². The standard InChI is InChI=1S/C19H34N2O2/c1-5-9-10-13-23-18-12-11-16(14-19(18)22-8-4)17(15-20)21(6-2)7-3/h11-12,14,17H,5-10,13,15,20H2,1-4H3. The Kier molecular flexibility index (Phi) is 9.72. The zero-order chi connectivity index (χ0) is 17.1. The highest BCUT2D eigenvalue weighted by molar-refractivity contribution is 5.44. The lowest BCUT2D eigenvalue weighted by Crippen LogP contribution is -2.33. The molecule has 0 saturated heterocycles. The summed E-state index contributed by atoms with van der Waals surface area (Å²) in [6.07, 6.45) is 3.47. The second-order valence-electron chi connectivity index (χ2n) is 5.67. The zero-order valence-corrected chi connectivity index (χ0v) is 15.3. The average molecular weight is 322 g/mol. The van der Waals surface area contributed by atoms with Crippen LogP contribution in [0.2, 0.25) is 0 Å². The first-order valence-electron chi connectivity index (χ1n) is 9.05. The van der Waals surface area contributed by atoms with Crippen molar-refractivity contribution >= 4 is 0 Å². The van der Waals surface area contributed by atoms with Gasteiger partial charge in [-0.25, -0.2) is 0 Å². The van der Waals surface area contributed by atoms with Gasteiger partial charge in [0.15, 0.2) is 11.5 Å². The fraction of sp³-hybridized carbons (Fsp3) is 0.684. The first-order valence-corrected chi connectivity index (χ1v) is 9.05. The maximum atomic E-state index is 6.02. The third-order valence-electron chi connectivity index (χ3n) is 4.13. The summed E-state index contributed by atoms with van der Waals surface area (Å²) in [5, 5.41) is 0. The van der Waals surface area contributed by atoms with Gasteiger partial charge < -0.3 is 15.2 Å². The van der Waals surface area contributed by atoms with E-state index in [0.717, 1.165) is 37.6 Å². The van der Waals surface area contributed by atoms with Gasteiger partial charge in [0.2, 0.25) is 0 Å². The summed E-state index contributed by atoms with van der Waals surface area (Å²) < 4.78 is 11.7. The van der Waals surface area contributed by atoms with Gasteiger partial charge in [-0.1, -0.05) is 39.7 Å². The number of hydrogen-bond donors (Lipinski definition) is 1. The van der Waals surface area contributed by atoms with Crippen LogP contribution in [0.1, 0.15) is 58.6 Å². The molecule has 2 N–H and O–H groups in total. The van der Waals surface area contributed by atoms with Crippen molar-refractivity contribution in [2.75, 3.05) is 32.8 Å². The first kappa shape index (κ1) is 19.8. The van der Waals surface area contributed by atoms with E-state index >= 15 is 0 Å². The first-order chi connectivity index (χ1) is 11.2. The Hall–Kier alpha value is -1.26. The number of rotatable bonds is 12. The van der Waals surface area contributed by atoms with E-state index in [1.165, 1.54) is 18.4 Å². The van der Waals surface area contributed by atoms with Gasteiger partial charge in [0.25, 0.3) is 0 Å². The summed E-state index contributed by atoms with van der Waals surface area (Å²) in [5.74, 6) is 1.66. The van der Waals surface area contributed by atoms with E-state index in [-0.39, 0.29) is 6.04 Å². The molecule has 0 bridgehead atoms. The molecule has 1 atom stereocenters. The van der Waals surface area contributed by atoms with Gasteiger partial charge in [-0.3, -0.25) is 4.90 Å². The fourth-order valence-electron chi connectivity index (χ4n) is 2.81. The van der Waals surface area contributed by atoms with E-state index in [4.69, 9.17) is 15.2 Å². The van der Waals surface area contributed by atoms with E-state index in [1.54, 1.807) is 0 Å². The molecule has 0 aromatic heterocycles. The summed E-state index contributed by atoms with van der Waals surface area (Å²) in [6, 6.07) is 6.46. The van der Waals surface area contributed by atoms with Crippen LogP contribution >= 0.6 is 0 Å². The minimum absolute atomic E-state index is 0.221. The average Bonchev–Trinajstić information content (AvgIpc) is 2.57. The van der Waals surface area contributed by atoms with Gasteiger partial charge in [0.1, 0.15) is 0 Å². The Morgan fingerprint density at radius 3 is 2.30 bits per heavy atom. The molecule has 0 radical (unpaired) electrons.